The molecule has 4 nitrogen and oxygen atoms in total. The zero-order valence-electron chi connectivity index (χ0n) is 19.6. The van der Waals surface area contributed by atoms with E-state index in [2.05, 4.69) is 26.8 Å². The third-order valence-corrected chi connectivity index (χ3v) is 10.2. The van der Waals surface area contributed by atoms with Gasteiger partial charge in [0.2, 0.25) is 0 Å². The molecule has 1 heterocycles. The van der Waals surface area contributed by atoms with Crippen LogP contribution < -0.4 is 0 Å². The van der Waals surface area contributed by atoms with Crippen molar-refractivity contribution in [2.75, 3.05) is 19.8 Å². The quantitative estimate of drug-likeness (QED) is 0.681. The summed E-state index contributed by atoms with van der Waals surface area (Å²) in [4.78, 5) is 0. The number of allylic oxidation sites excluding steroid dienone is 3. The van der Waals surface area contributed by atoms with Gasteiger partial charge < -0.3 is 19.7 Å². The highest BCUT2D eigenvalue weighted by atomic mass is 16.7. The molecule has 2 saturated carbocycles. The maximum absolute atomic E-state index is 11.8. The van der Waals surface area contributed by atoms with Crippen molar-refractivity contribution in [1.82, 2.24) is 0 Å². The summed E-state index contributed by atoms with van der Waals surface area (Å²) in [5.74, 6) is 1.97. The lowest BCUT2D eigenvalue weighted by Gasteiger charge is -2.54. The third-order valence-electron chi connectivity index (χ3n) is 10.2. The van der Waals surface area contributed by atoms with Gasteiger partial charge >= 0.3 is 0 Å². The Balaban J connectivity index is 1.28. The Bertz CT molecular complexity index is 830. The van der Waals surface area contributed by atoms with Crippen LogP contribution in [0.25, 0.3) is 0 Å². The lowest BCUT2D eigenvalue weighted by molar-refractivity contribution is -0.302. The molecule has 0 aromatic carbocycles. The van der Waals surface area contributed by atoms with Gasteiger partial charge in [-0.3, -0.25) is 0 Å². The molecule has 2 N–H and O–H groups in total. The molecule has 1 spiro atoms. The molecule has 1 aliphatic heterocycles. The summed E-state index contributed by atoms with van der Waals surface area (Å²) in [5, 5.41) is 21.3. The van der Waals surface area contributed by atoms with Gasteiger partial charge in [-0.2, -0.15) is 0 Å². The minimum absolute atomic E-state index is 0.0287. The number of aliphatic hydroxyl groups excluding tert-OH is 1. The smallest absolute Gasteiger partial charge is 0.172 e. The SMILES string of the molecule is CC1(C)COC2(CCC3=C(CC[C@@H]4C3=CC[C@@]3(C)[C@H]4[C@@H]4C[C@@H]4[C@@]3(O)CCCO)C2)OC1. The molecule has 1 saturated heterocycles. The lowest BCUT2D eigenvalue weighted by atomic mass is 9.53. The van der Waals surface area contributed by atoms with Crippen molar-refractivity contribution in [3.8, 4) is 0 Å². The van der Waals surface area contributed by atoms with Crippen LogP contribution in [0, 0.1) is 34.5 Å². The lowest BCUT2D eigenvalue weighted by Crippen LogP contribution is -2.52. The number of rotatable bonds is 3. The van der Waals surface area contributed by atoms with E-state index in [-0.39, 0.29) is 23.2 Å². The van der Waals surface area contributed by atoms with E-state index in [1.165, 1.54) is 12.8 Å². The van der Waals surface area contributed by atoms with E-state index in [9.17, 15) is 10.2 Å². The van der Waals surface area contributed by atoms with Gasteiger partial charge in [-0.1, -0.05) is 32.4 Å². The van der Waals surface area contributed by atoms with Gasteiger partial charge in [-0.25, -0.2) is 0 Å². The summed E-state index contributed by atoms with van der Waals surface area (Å²) in [6, 6.07) is 0. The van der Waals surface area contributed by atoms with Crippen molar-refractivity contribution in [2.24, 2.45) is 34.5 Å². The van der Waals surface area contributed by atoms with Crippen LogP contribution in [0.5, 0.6) is 0 Å². The fourth-order valence-corrected chi connectivity index (χ4v) is 8.48. The maximum Gasteiger partial charge on any atom is 0.172 e. The largest absolute Gasteiger partial charge is 0.396 e. The minimum atomic E-state index is -0.588. The number of hydrogen-bond donors (Lipinski definition) is 2. The van der Waals surface area contributed by atoms with Gasteiger partial charge in [-0.15, -0.1) is 0 Å². The highest BCUT2D eigenvalue weighted by molar-refractivity contribution is 5.46. The minimum Gasteiger partial charge on any atom is -0.396 e. The van der Waals surface area contributed by atoms with Gasteiger partial charge in [-0.05, 0) is 79.8 Å². The maximum atomic E-state index is 11.8. The predicted molar refractivity (Wildman–Crippen MR) is 119 cm³/mol. The van der Waals surface area contributed by atoms with Crippen LogP contribution >= 0.6 is 0 Å². The number of hydrogen-bond acceptors (Lipinski definition) is 4. The molecule has 6 aliphatic rings. The second kappa shape index (κ2) is 6.68. The molecule has 172 valence electrons. The fourth-order valence-electron chi connectivity index (χ4n) is 8.48. The molecule has 4 heteroatoms. The van der Waals surface area contributed by atoms with Crippen molar-refractivity contribution in [3.63, 3.8) is 0 Å². The van der Waals surface area contributed by atoms with Crippen LogP contribution in [0.4, 0.5) is 0 Å². The third kappa shape index (κ3) is 2.87. The van der Waals surface area contributed by atoms with Crippen molar-refractivity contribution in [1.29, 1.82) is 0 Å². The average Bonchev–Trinajstić information content (AvgIpc) is 3.51. The Morgan fingerprint density at radius 1 is 1.13 bits per heavy atom. The first-order valence-electron chi connectivity index (χ1n) is 12.7. The predicted octanol–water partition coefficient (Wildman–Crippen LogP) is 4.75. The first-order chi connectivity index (χ1) is 14.7. The van der Waals surface area contributed by atoms with Crippen LogP contribution in [-0.4, -0.2) is 41.4 Å². The normalized spacial score (nSPS) is 46.7. The molecule has 6 rings (SSSR count). The van der Waals surface area contributed by atoms with E-state index in [0.717, 1.165) is 58.2 Å². The van der Waals surface area contributed by atoms with Crippen LogP contribution in [0.2, 0.25) is 0 Å². The summed E-state index contributed by atoms with van der Waals surface area (Å²) in [5.41, 5.74) is 4.31. The number of ether oxygens (including phenoxy) is 2. The Morgan fingerprint density at radius 2 is 1.90 bits per heavy atom. The second-order valence-electron chi connectivity index (χ2n) is 12.6. The fraction of sp³-hybridized carbons (Fsp3) is 0.852. The molecular formula is C27H40O4. The topological polar surface area (TPSA) is 58.9 Å². The molecule has 0 aromatic rings. The molecular weight excluding hydrogens is 388 g/mol. The number of aliphatic hydroxyl groups is 2. The molecule has 0 aromatic heterocycles. The standard InChI is InChI=1S/C27H40O4/c1-24(2)15-30-26(31-16-24)11-8-18-17(14-26)5-6-20-19(18)7-10-25(3)23(20)21-13-22(21)27(25,29)9-4-12-28/h7,20-23,28-29H,4-6,8-16H2,1-3H3/t20-,21-,22+,23-,25+,27+/m1/s1. The zero-order valence-corrected chi connectivity index (χ0v) is 19.6. The molecule has 0 amide bonds. The Kier molecular flexibility index (Phi) is 4.50. The van der Waals surface area contributed by atoms with E-state index in [1.54, 1.807) is 16.7 Å². The van der Waals surface area contributed by atoms with E-state index in [0.29, 0.717) is 23.7 Å². The van der Waals surface area contributed by atoms with Crippen molar-refractivity contribution >= 4 is 0 Å². The van der Waals surface area contributed by atoms with Crippen molar-refractivity contribution in [3.05, 3.63) is 22.8 Å². The van der Waals surface area contributed by atoms with Gasteiger partial charge in [0.1, 0.15) is 0 Å². The number of fused-ring (bicyclic) bond motifs is 6. The van der Waals surface area contributed by atoms with Crippen LogP contribution in [0.3, 0.4) is 0 Å². The highest BCUT2D eigenvalue weighted by Crippen LogP contribution is 2.75. The molecule has 0 bridgehead atoms. The average molecular weight is 429 g/mol. The first kappa shape index (κ1) is 20.9. The van der Waals surface area contributed by atoms with Gasteiger partial charge in [0.25, 0.3) is 0 Å². The van der Waals surface area contributed by atoms with Gasteiger partial charge in [0.15, 0.2) is 5.79 Å². The first-order valence-corrected chi connectivity index (χ1v) is 12.7. The van der Waals surface area contributed by atoms with E-state index in [4.69, 9.17) is 9.47 Å². The molecule has 31 heavy (non-hydrogen) atoms. The van der Waals surface area contributed by atoms with Crippen molar-refractivity contribution < 1.29 is 19.7 Å². The van der Waals surface area contributed by atoms with Crippen LogP contribution in [-0.2, 0) is 9.47 Å². The molecule has 3 fully saturated rings. The van der Waals surface area contributed by atoms with E-state index < -0.39 is 5.60 Å². The Hall–Kier alpha value is -0.680. The zero-order chi connectivity index (χ0) is 21.6. The van der Waals surface area contributed by atoms with Gasteiger partial charge in [0, 0.05) is 30.3 Å². The highest BCUT2D eigenvalue weighted by Gasteiger charge is 2.74. The van der Waals surface area contributed by atoms with Crippen molar-refractivity contribution in [2.45, 2.75) is 89.9 Å². The van der Waals surface area contributed by atoms with E-state index in [1.807, 2.05) is 0 Å². The van der Waals surface area contributed by atoms with Crippen LogP contribution in [0.1, 0.15) is 78.6 Å². The monoisotopic (exact) mass is 428 g/mol. The Morgan fingerprint density at radius 3 is 2.65 bits per heavy atom. The Labute approximate surface area is 187 Å². The van der Waals surface area contributed by atoms with Gasteiger partial charge in [0.05, 0.1) is 18.8 Å². The summed E-state index contributed by atoms with van der Waals surface area (Å²) in [7, 11) is 0. The summed E-state index contributed by atoms with van der Waals surface area (Å²) < 4.78 is 12.7. The van der Waals surface area contributed by atoms with Crippen LogP contribution in [0.15, 0.2) is 22.8 Å². The van der Waals surface area contributed by atoms with E-state index >= 15 is 0 Å². The second-order valence-corrected chi connectivity index (χ2v) is 12.6. The summed E-state index contributed by atoms with van der Waals surface area (Å²) in [6.07, 6.45) is 11.5. The molecule has 6 atom stereocenters. The summed E-state index contributed by atoms with van der Waals surface area (Å²) in [6.45, 7) is 8.56. The summed E-state index contributed by atoms with van der Waals surface area (Å²) >= 11 is 0. The molecule has 0 radical (unpaired) electrons. The molecule has 5 aliphatic carbocycles. The molecule has 0 unspecified atom stereocenters.